The lowest BCUT2D eigenvalue weighted by atomic mass is 10.1. The third-order valence-electron chi connectivity index (χ3n) is 2.27. The van der Waals surface area contributed by atoms with E-state index in [1.807, 2.05) is 0 Å². The van der Waals surface area contributed by atoms with Crippen molar-refractivity contribution in [3.63, 3.8) is 0 Å². The molecular formula is C11H10F5NO2. The molecule has 2 N–H and O–H groups in total. The van der Waals surface area contributed by atoms with Crippen molar-refractivity contribution in [2.75, 3.05) is 6.54 Å². The quantitative estimate of drug-likeness (QED) is 0.789. The second-order valence-electron chi connectivity index (χ2n) is 3.78. The highest BCUT2D eigenvalue weighted by Gasteiger charge is 2.39. The van der Waals surface area contributed by atoms with Crippen LogP contribution in [0.1, 0.15) is 15.9 Å². The molecule has 19 heavy (non-hydrogen) atoms. The Balaban J connectivity index is 2.60. The number of rotatable bonds is 6. The van der Waals surface area contributed by atoms with Crippen molar-refractivity contribution in [3.05, 3.63) is 35.1 Å². The van der Waals surface area contributed by atoms with Crippen molar-refractivity contribution in [2.45, 2.75) is 18.9 Å². The Morgan fingerprint density at radius 3 is 2.47 bits per heavy atom. The molecule has 1 aromatic rings. The van der Waals surface area contributed by atoms with E-state index in [1.54, 1.807) is 0 Å². The molecule has 0 bridgehead atoms. The molecule has 0 atom stereocenters. The summed E-state index contributed by atoms with van der Waals surface area (Å²) in [6.07, 6.45) is -3.79. The standard InChI is InChI=1S/C11H10F5NO2/c12-8-3-6(1-2-7(8)9(18)19)4-17-5-11(15,16)10(13)14/h1-3,10,17H,4-5H2,(H,18,19). The molecule has 8 heteroatoms. The molecule has 106 valence electrons. The minimum absolute atomic E-state index is 0.174. The summed E-state index contributed by atoms with van der Waals surface area (Å²) in [7, 11) is 0. The smallest absolute Gasteiger partial charge is 0.338 e. The SMILES string of the molecule is O=C(O)c1ccc(CNCC(F)(F)C(F)F)cc1F. The van der Waals surface area contributed by atoms with Crippen LogP contribution in [-0.4, -0.2) is 30.0 Å². The number of carbonyl (C=O) groups is 1. The van der Waals surface area contributed by atoms with E-state index in [-0.39, 0.29) is 12.1 Å². The van der Waals surface area contributed by atoms with Crippen molar-refractivity contribution >= 4 is 5.97 Å². The normalized spacial score (nSPS) is 11.9. The second-order valence-corrected chi connectivity index (χ2v) is 3.78. The summed E-state index contributed by atoms with van der Waals surface area (Å²) in [5.41, 5.74) is -0.380. The van der Waals surface area contributed by atoms with Crippen molar-refractivity contribution < 1.29 is 31.9 Å². The van der Waals surface area contributed by atoms with Crippen molar-refractivity contribution in [3.8, 4) is 0 Å². The van der Waals surface area contributed by atoms with Gasteiger partial charge in [0.25, 0.3) is 0 Å². The Kier molecular flexibility index (Phi) is 4.82. The van der Waals surface area contributed by atoms with E-state index in [0.29, 0.717) is 0 Å². The predicted octanol–water partition coefficient (Wildman–Crippen LogP) is 2.51. The number of halogens is 5. The number of aromatic carboxylic acids is 1. The van der Waals surface area contributed by atoms with Crippen molar-refractivity contribution in [2.24, 2.45) is 0 Å². The Morgan fingerprint density at radius 2 is 2.00 bits per heavy atom. The van der Waals surface area contributed by atoms with Crippen molar-refractivity contribution in [1.29, 1.82) is 0 Å². The Morgan fingerprint density at radius 1 is 1.37 bits per heavy atom. The maximum Gasteiger partial charge on any atom is 0.338 e. The molecule has 0 fully saturated rings. The van der Waals surface area contributed by atoms with E-state index in [0.717, 1.165) is 12.1 Å². The highest BCUT2D eigenvalue weighted by molar-refractivity contribution is 5.87. The first-order valence-corrected chi connectivity index (χ1v) is 5.12. The molecule has 0 aliphatic carbocycles. The van der Waals surface area contributed by atoms with Crippen LogP contribution in [0, 0.1) is 5.82 Å². The van der Waals surface area contributed by atoms with Crippen LogP contribution in [0.15, 0.2) is 18.2 Å². The summed E-state index contributed by atoms with van der Waals surface area (Å²) in [5.74, 6) is -6.65. The largest absolute Gasteiger partial charge is 0.478 e. The van der Waals surface area contributed by atoms with E-state index in [1.165, 1.54) is 6.07 Å². The van der Waals surface area contributed by atoms with Gasteiger partial charge >= 0.3 is 18.3 Å². The molecule has 0 aliphatic rings. The average Bonchev–Trinajstić information content (AvgIpc) is 2.28. The summed E-state index contributed by atoms with van der Waals surface area (Å²) in [6.45, 7) is -1.54. The van der Waals surface area contributed by atoms with Crippen LogP contribution in [0.3, 0.4) is 0 Å². The predicted molar refractivity (Wildman–Crippen MR) is 56.0 cm³/mol. The molecule has 1 aromatic carbocycles. The van der Waals surface area contributed by atoms with Crippen LogP contribution < -0.4 is 5.32 Å². The van der Waals surface area contributed by atoms with Gasteiger partial charge in [-0.25, -0.2) is 18.0 Å². The van der Waals surface area contributed by atoms with Gasteiger partial charge in [-0.2, -0.15) is 8.78 Å². The first-order chi connectivity index (χ1) is 8.74. The van der Waals surface area contributed by atoms with Crippen LogP contribution in [0.2, 0.25) is 0 Å². The van der Waals surface area contributed by atoms with E-state index >= 15 is 0 Å². The number of nitrogens with one attached hydrogen (secondary N) is 1. The average molecular weight is 283 g/mol. The number of benzene rings is 1. The van der Waals surface area contributed by atoms with Gasteiger partial charge in [0.1, 0.15) is 5.82 Å². The molecule has 0 aliphatic heterocycles. The molecule has 0 heterocycles. The zero-order valence-electron chi connectivity index (χ0n) is 9.47. The number of alkyl halides is 4. The maximum atomic E-state index is 13.2. The Labute approximate surface area is 105 Å². The number of hydrogen-bond acceptors (Lipinski definition) is 2. The Bertz CT molecular complexity index is 464. The Hall–Kier alpha value is -1.70. The number of carboxylic acid groups (broad SMARTS) is 1. The fourth-order valence-corrected chi connectivity index (χ4v) is 1.29. The van der Waals surface area contributed by atoms with Gasteiger partial charge in [0.15, 0.2) is 0 Å². The highest BCUT2D eigenvalue weighted by atomic mass is 19.3. The molecule has 0 unspecified atom stereocenters. The topological polar surface area (TPSA) is 49.3 Å². The van der Waals surface area contributed by atoms with Crippen LogP contribution in [0.4, 0.5) is 22.0 Å². The van der Waals surface area contributed by atoms with E-state index in [2.05, 4.69) is 5.32 Å². The van der Waals surface area contributed by atoms with Crippen LogP contribution in [-0.2, 0) is 6.54 Å². The molecule has 0 saturated heterocycles. The summed E-state index contributed by atoms with van der Waals surface area (Å²) in [5, 5.41) is 10.6. The first kappa shape index (κ1) is 15.4. The highest BCUT2D eigenvalue weighted by Crippen LogP contribution is 2.21. The minimum atomic E-state index is -4.17. The molecule has 1 rings (SSSR count). The molecular weight excluding hydrogens is 273 g/mol. The summed E-state index contributed by atoms with van der Waals surface area (Å²) >= 11 is 0. The lowest BCUT2D eigenvalue weighted by molar-refractivity contribution is -0.125. The first-order valence-electron chi connectivity index (χ1n) is 5.12. The number of hydrogen-bond donors (Lipinski definition) is 2. The van der Waals surface area contributed by atoms with Gasteiger partial charge in [0, 0.05) is 6.54 Å². The van der Waals surface area contributed by atoms with Gasteiger partial charge in [0.2, 0.25) is 0 Å². The van der Waals surface area contributed by atoms with Crippen LogP contribution in [0.25, 0.3) is 0 Å². The molecule has 0 spiro atoms. The van der Waals surface area contributed by atoms with Crippen LogP contribution in [0.5, 0.6) is 0 Å². The fraction of sp³-hybridized carbons (Fsp3) is 0.364. The maximum absolute atomic E-state index is 13.2. The molecule has 3 nitrogen and oxygen atoms in total. The van der Waals surface area contributed by atoms with E-state index in [9.17, 15) is 26.7 Å². The fourth-order valence-electron chi connectivity index (χ4n) is 1.29. The van der Waals surface area contributed by atoms with Crippen LogP contribution >= 0.6 is 0 Å². The summed E-state index contributed by atoms with van der Waals surface area (Å²) in [6, 6.07) is 3.02. The van der Waals surface area contributed by atoms with Gasteiger partial charge in [0.05, 0.1) is 12.1 Å². The van der Waals surface area contributed by atoms with Gasteiger partial charge in [-0.05, 0) is 17.7 Å². The molecule has 0 amide bonds. The number of carboxylic acids is 1. The minimum Gasteiger partial charge on any atom is -0.478 e. The van der Waals surface area contributed by atoms with E-state index < -0.39 is 36.2 Å². The lowest BCUT2D eigenvalue weighted by Gasteiger charge is -2.15. The van der Waals surface area contributed by atoms with Gasteiger partial charge in [-0.15, -0.1) is 0 Å². The van der Waals surface area contributed by atoms with E-state index in [4.69, 9.17) is 5.11 Å². The third-order valence-corrected chi connectivity index (χ3v) is 2.27. The lowest BCUT2D eigenvalue weighted by Crippen LogP contribution is -2.38. The monoisotopic (exact) mass is 283 g/mol. The zero-order valence-corrected chi connectivity index (χ0v) is 9.47. The molecule has 0 saturated carbocycles. The zero-order chi connectivity index (χ0) is 14.6. The third kappa shape index (κ3) is 4.16. The second kappa shape index (κ2) is 5.96. The summed E-state index contributed by atoms with van der Waals surface area (Å²) < 4.78 is 61.9. The van der Waals surface area contributed by atoms with Gasteiger partial charge in [-0.3, -0.25) is 0 Å². The molecule has 0 aromatic heterocycles. The van der Waals surface area contributed by atoms with Crippen molar-refractivity contribution in [1.82, 2.24) is 5.32 Å². The van der Waals surface area contributed by atoms with Gasteiger partial charge < -0.3 is 10.4 Å². The van der Waals surface area contributed by atoms with Gasteiger partial charge in [-0.1, -0.05) is 6.07 Å². The summed E-state index contributed by atoms with van der Waals surface area (Å²) in [4.78, 5) is 10.5. The molecule has 0 radical (unpaired) electrons.